The molecule has 0 radical (unpaired) electrons. The maximum absolute atomic E-state index is 13.3. The molecule has 0 saturated heterocycles. The summed E-state index contributed by atoms with van der Waals surface area (Å²) in [7, 11) is -3.61. The zero-order chi connectivity index (χ0) is 23.7. The second-order valence-corrected chi connectivity index (χ2v) is 12.7. The van der Waals surface area contributed by atoms with Crippen LogP contribution in [0.5, 0.6) is 0 Å². The maximum Gasteiger partial charge on any atom is 0.315 e. The molecule has 180 valence electrons. The van der Waals surface area contributed by atoms with Crippen LogP contribution in [0.3, 0.4) is 0 Å². The number of rotatable bonds is 9. The topological polar surface area (TPSA) is 107 Å². The molecule has 0 spiro atoms. The molecule has 3 saturated carbocycles. The first kappa shape index (κ1) is 23.9. The van der Waals surface area contributed by atoms with Gasteiger partial charge in [0.2, 0.25) is 0 Å². The number of aldehydes is 1. The molecule has 0 amide bonds. The first-order valence-corrected chi connectivity index (χ1v) is 13.6. The molecule has 0 aromatic rings. The van der Waals surface area contributed by atoms with Crippen molar-refractivity contribution in [2.75, 3.05) is 19.5 Å². The minimum atomic E-state index is -3.61. The average Bonchev–Trinajstić information content (AvgIpc) is 3.23. The smallest absolute Gasteiger partial charge is 0.315 e. The molecule has 8 heteroatoms. The molecule has 1 N–H and O–H groups in total. The van der Waals surface area contributed by atoms with Crippen LogP contribution in [0.25, 0.3) is 0 Å². The van der Waals surface area contributed by atoms with Gasteiger partial charge >= 0.3 is 5.97 Å². The Balaban J connectivity index is 1.76. The number of carbonyl (C=O) groups is 2. The lowest BCUT2D eigenvalue weighted by molar-refractivity contribution is -0.187. The van der Waals surface area contributed by atoms with Crippen molar-refractivity contribution in [3.63, 3.8) is 0 Å². The molecule has 4 bridgehead atoms. The summed E-state index contributed by atoms with van der Waals surface area (Å²) in [6.07, 6.45) is 6.65. The Kier molecular flexibility index (Phi) is 5.70. The van der Waals surface area contributed by atoms with Gasteiger partial charge in [0.25, 0.3) is 10.1 Å². The standard InChI is InChI=1S/C24H36O7S/c1-14(2)20-8-17-9-22(12-25)19-7-6-15(3)18(19)10-23(17,24(20,22)21(26)27)13-30-11-16(4)31-32(5,28)29/h8,12,14-19H,6-7,9-11,13H2,1-5H3,(H,26,27). The van der Waals surface area contributed by atoms with Crippen molar-refractivity contribution >= 4 is 22.4 Å². The minimum Gasteiger partial charge on any atom is -0.481 e. The van der Waals surface area contributed by atoms with E-state index >= 15 is 0 Å². The van der Waals surface area contributed by atoms with Crippen LogP contribution in [0, 0.1) is 45.8 Å². The highest BCUT2D eigenvalue weighted by atomic mass is 32.2. The number of carboxylic acid groups (broad SMARTS) is 1. The van der Waals surface area contributed by atoms with Crippen LogP contribution in [0.1, 0.15) is 53.4 Å². The van der Waals surface area contributed by atoms with E-state index < -0.39 is 38.4 Å². The van der Waals surface area contributed by atoms with E-state index in [4.69, 9.17) is 8.92 Å². The van der Waals surface area contributed by atoms with E-state index in [-0.39, 0.29) is 31.0 Å². The van der Waals surface area contributed by atoms with Crippen LogP contribution in [-0.4, -0.2) is 51.4 Å². The highest BCUT2D eigenvalue weighted by Gasteiger charge is 2.84. The fraction of sp³-hybridized carbons (Fsp3) is 0.833. The summed E-state index contributed by atoms with van der Waals surface area (Å²) in [5.74, 6) is -0.114. The van der Waals surface area contributed by atoms with E-state index in [1.807, 2.05) is 13.8 Å². The van der Waals surface area contributed by atoms with Gasteiger partial charge in [-0.25, -0.2) is 0 Å². The van der Waals surface area contributed by atoms with Gasteiger partial charge in [0.15, 0.2) is 0 Å². The van der Waals surface area contributed by atoms with Gasteiger partial charge in [-0.1, -0.05) is 38.8 Å². The SMILES string of the molecule is CC(COCC12CC3C(C)CCC3C3(C=O)CC1C=C(C(C)C)C32C(=O)O)OS(C)(=O)=O. The minimum absolute atomic E-state index is 0.0120. The summed E-state index contributed by atoms with van der Waals surface area (Å²) in [4.78, 5) is 26.2. The lowest BCUT2D eigenvalue weighted by Gasteiger charge is -2.58. The van der Waals surface area contributed by atoms with Gasteiger partial charge < -0.3 is 14.6 Å². The van der Waals surface area contributed by atoms with Crippen LogP contribution in [0.4, 0.5) is 0 Å². The van der Waals surface area contributed by atoms with Crippen molar-refractivity contribution in [3.8, 4) is 0 Å². The van der Waals surface area contributed by atoms with Crippen molar-refractivity contribution in [2.24, 2.45) is 45.8 Å². The van der Waals surface area contributed by atoms with Crippen LogP contribution >= 0.6 is 0 Å². The van der Waals surface area contributed by atoms with E-state index in [0.29, 0.717) is 18.3 Å². The van der Waals surface area contributed by atoms with Crippen molar-refractivity contribution in [1.29, 1.82) is 0 Å². The third-order valence-corrected chi connectivity index (χ3v) is 9.85. The fourth-order valence-electron chi connectivity index (χ4n) is 8.37. The maximum atomic E-state index is 13.3. The van der Waals surface area contributed by atoms with Gasteiger partial charge in [-0.2, -0.15) is 8.42 Å². The third-order valence-electron chi connectivity index (χ3n) is 9.17. The summed E-state index contributed by atoms with van der Waals surface area (Å²) in [6.45, 7) is 8.09. The van der Waals surface area contributed by atoms with Gasteiger partial charge in [-0.15, -0.1) is 0 Å². The number of hydrogen-bond acceptors (Lipinski definition) is 6. The largest absolute Gasteiger partial charge is 0.481 e. The number of hydrogen-bond donors (Lipinski definition) is 1. The van der Waals surface area contributed by atoms with Crippen LogP contribution in [-0.2, 0) is 28.6 Å². The van der Waals surface area contributed by atoms with Gasteiger partial charge in [0, 0.05) is 5.41 Å². The number of carboxylic acids is 1. The molecule has 32 heavy (non-hydrogen) atoms. The first-order chi connectivity index (χ1) is 14.9. The molecule has 8 atom stereocenters. The Bertz CT molecular complexity index is 940. The molecule has 0 heterocycles. The molecule has 4 aliphatic rings. The highest BCUT2D eigenvalue weighted by molar-refractivity contribution is 7.86. The molecule has 0 aromatic carbocycles. The van der Waals surface area contributed by atoms with E-state index in [1.165, 1.54) is 0 Å². The summed E-state index contributed by atoms with van der Waals surface area (Å²) in [5, 5.41) is 10.9. The summed E-state index contributed by atoms with van der Waals surface area (Å²) in [5.41, 5.74) is -2.02. The van der Waals surface area contributed by atoms with E-state index in [1.54, 1.807) is 6.92 Å². The summed E-state index contributed by atoms with van der Waals surface area (Å²) < 4.78 is 33.9. The van der Waals surface area contributed by atoms with E-state index in [2.05, 4.69) is 13.0 Å². The quantitative estimate of drug-likeness (QED) is 0.314. The zero-order valence-electron chi connectivity index (χ0n) is 19.7. The van der Waals surface area contributed by atoms with Gasteiger partial charge in [0.05, 0.1) is 31.0 Å². The van der Waals surface area contributed by atoms with Gasteiger partial charge in [-0.3, -0.25) is 8.98 Å². The van der Waals surface area contributed by atoms with Gasteiger partial charge in [-0.05, 0) is 55.8 Å². The Morgan fingerprint density at radius 2 is 1.97 bits per heavy atom. The van der Waals surface area contributed by atoms with Crippen molar-refractivity contribution in [1.82, 2.24) is 0 Å². The van der Waals surface area contributed by atoms with Crippen molar-refractivity contribution < 1.29 is 32.0 Å². The van der Waals surface area contributed by atoms with Crippen LogP contribution < -0.4 is 0 Å². The molecule has 3 fully saturated rings. The summed E-state index contributed by atoms with van der Waals surface area (Å²) >= 11 is 0. The number of allylic oxidation sites excluding steroid dienone is 1. The highest BCUT2D eigenvalue weighted by Crippen LogP contribution is 2.82. The third kappa shape index (κ3) is 2.94. The molecular formula is C24H36O7S. The molecule has 8 unspecified atom stereocenters. The molecule has 4 aliphatic carbocycles. The predicted molar refractivity (Wildman–Crippen MR) is 118 cm³/mol. The van der Waals surface area contributed by atoms with Crippen molar-refractivity contribution in [2.45, 2.75) is 59.5 Å². The number of aliphatic carboxylic acids is 1. The fourth-order valence-corrected chi connectivity index (χ4v) is 9.02. The Labute approximate surface area is 191 Å². The Morgan fingerprint density at radius 3 is 2.53 bits per heavy atom. The number of ether oxygens (including phenoxy) is 1. The predicted octanol–water partition coefficient (Wildman–Crippen LogP) is 3.29. The van der Waals surface area contributed by atoms with Gasteiger partial charge in [0.1, 0.15) is 11.7 Å². The number of fused-ring (bicyclic) bond motifs is 2. The lowest BCUT2D eigenvalue weighted by atomic mass is 9.43. The van der Waals surface area contributed by atoms with E-state index in [0.717, 1.165) is 37.4 Å². The Hall–Kier alpha value is -1.25. The van der Waals surface area contributed by atoms with E-state index in [9.17, 15) is 23.1 Å². The summed E-state index contributed by atoms with van der Waals surface area (Å²) in [6, 6.07) is 0. The lowest BCUT2D eigenvalue weighted by Crippen LogP contribution is -2.63. The van der Waals surface area contributed by atoms with Crippen LogP contribution in [0.15, 0.2) is 11.6 Å². The van der Waals surface area contributed by atoms with Crippen LogP contribution in [0.2, 0.25) is 0 Å². The molecular weight excluding hydrogens is 432 g/mol. The zero-order valence-corrected chi connectivity index (χ0v) is 20.5. The van der Waals surface area contributed by atoms with Crippen molar-refractivity contribution in [3.05, 3.63) is 11.6 Å². The second kappa shape index (κ2) is 7.64. The molecule has 0 aromatic heterocycles. The second-order valence-electron chi connectivity index (χ2n) is 11.1. The average molecular weight is 469 g/mol. The number of carbonyl (C=O) groups excluding carboxylic acids is 1. The molecule has 4 rings (SSSR count). The first-order valence-electron chi connectivity index (χ1n) is 11.7. The molecule has 0 aliphatic heterocycles. The monoisotopic (exact) mass is 468 g/mol. The normalized spacial score (nSPS) is 43.2. The Morgan fingerprint density at radius 1 is 1.28 bits per heavy atom. The molecule has 7 nitrogen and oxygen atoms in total.